The van der Waals surface area contributed by atoms with E-state index in [4.69, 9.17) is 0 Å². The molecule has 0 spiro atoms. The van der Waals surface area contributed by atoms with Crippen LogP contribution in [0.2, 0.25) is 0 Å². The summed E-state index contributed by atoms with van der Waals surface area (Å²) in [6.45, 7) is 0. The lowest BCUT2D eigenvalue weighted by Gasteiger charge is -2.28. The van der Waals surface area contributed by atoms with Crippen LogP contribution in [0.4, 0.5) is 51.2 Å². The van der Waals surface area contributed by atoms with Crippen LogP contribution in [-0.4, -0.2) is 0 Å². The number of benzene rings is 10. The first-order valence-electron chi connectivity index (χ1n) is 20.8. The SMILES string of the molecule is c1ccc(N(c2ccccc2)c2ccc(N(c3ccccc3)c3ccc(-c4ccc(-c5ccc(N(c6ccccc6)c6cccc7ccccc67)cc5)cc4)cc3)cc2)cc1. The number of para-hydroxylation sites is 4. The normalized spacial score (nSPS) is 11.0. The Hall–Kier alpha value is -8.14. The van der Waals surface area contributed by atoms with Crippen LogP contribution in [0, 0.1) is 0 Å². The molecular weight excluding hydrogens is 739 g/mol. The van der Waals surface area contributed by atoms with Crippen LogP contribution in [0.3, 0.4) is 0 Å². The fourth-order valence-corrected chi connectivity index (χ4v) is 8.25. The summed E-state index contributed by atoms with van der Waals surface area (Å²) in [5, 5.41) is 2.44. The van der Waals surface area contributed by atoms with E-state index in [9.17, 15) is 0 Å². The lowest BCUT2D eigenvalue weighted by Crippen LogP contribution is -2.12. The second-order valence-electron chi connectivity index (χ2n) is 15.0. The Balaban J connectivity index is 0.907. The monoisotopic (exact) mass is 781 g/mol. The van der Waals surface area contributed by atoms with Gasteiger partial charge in [0.15, 0.2) is 0 Å². The molecule has 0 amide bonds. The molecule has 10 aromatic carbocycles. The van der Waals surface area contributed by atoms with E-state index in [1.165, 1.54) is 33.0 Å². The average Bonchev–Trinajstić information content (AvgIpc) is 3.34. The number of fused-ring (bicyclic) bond motifs is 1. The zero-order chi connectivity index (χ0) is 40.8. The summed E-state index contributed by atoms with van der Waals surface area (Å²) >= 11 is 0. The van der Waals surface area contributed by atoms with Crippen LogP contribution in [0.25, 0.3) is 33.0 Å². The van der Waals surface area contributed by atoms with Gasteiger partial charge >= 0.3 is 0 Å². The minimum Gasteiger partial charge on any atom is -0.311 e. The van der Waals surface area contributed by atoms with Gasteiger partial charge in [0.25, 0.3) is 0 Å². The lowest BCUT2D eigenvalue weighted by atomic mass is 9.99. The molecule has 0 fully saturated rings. The van der Waals surface area contributed by atoms with E-state index in [-0.39, 0.29) is 0 Å². The molecule has 0 atom stereocenters. The van der Waals surface area contributed by atoms with E-state index in [0.29, 0.717) is 0 Å². The molecule has 0 aliphatic rings. The third-order valence-electron chi connectivity index (χ3n) is 11.2. The minimum atomic E-state index is 1.09. The molecule has 0 unspecified atom stereocenters. The van der Waals surface area contributed by atoms with Crippen molar-refractivity contribution >= 4 is 62.0 Å². The van der Waals surface area contributed by atoms with Gasteiger partial charge in [-0.2, -0.15) is 0 Å². The summed E-state index contributed by atoms with van der Waals surface area (Å²) in [6, 6.07) is 92.9. The van der Waals surface area contributed by atoms with Crippen molar-refractivity contribution in [2.45, 2.75) is 0 Å². The van der Waals surface area contributed by atoms with Crippen molar-refractivity contribution in [1.29, 1.82) is 0 Å². The molecule has 0 radical (unpaired) electrons. The number of anilines is 9. The molecular formula is C58H43N3. The van der Waals surface area contributed by atoms with Crippen LogP contribution < -0.4 is 14.7 Å². The van der Waals surface area contributed by atoms with Gasteiger partial charge in [-0.05, 0) is 131 Å². The van der Waals surface area contributed by atoms with Gasteiger partial charge in [-0.15, -0.1) is 0 Å². The van der Waals surface area contributed by atoms with Gasteiger partial charge in [-0.3, -0.25) is 0 Å². The van der Waals surface area contributed by atoms with E-state index in [1.54, 1.807) is 0 Å². The summed E-state index contributed by atoms with van der Waals surface area (Å²) in [4.78, 5) is 6.95. The van der Waals surface area contributed by atoms with E-state index in [0.717, 1.165) is 51.2 Å². The summed E-state index contributed by atoms with van der Waals surface area (Å²) in [7, 11) is 0. The largest absolute Gasteiger partial charge is 0.311 e. The molecule has 3 heteroatoms. The first-order valence-corrected chi connectivity index (χ1v) is 20.8. The highest BCUT2D eigenvalue weighted by Gasteiger charge is 2.17. The maximum atomic E-state index is 2.35. The van der Waals surface area contributed by atoms with Gasteiger partial charge in [0.05, 0.1) is 5.69 Å². The zero-order valence-electron chi connectivity index (χ0n) is 33.7. The maximum Gasteiger partial charge on any atom is 0.0540 e. The first kappa shape index (κ1) is 37.2. The second kappa shape index (κ2) is 17.0. The fraction of sp³-hybridized carbons (Fsp3) is 0. The molecule has 61 heavy (non-hydrogen) atoms. The van der Waals surface area contributed by atoms with Crippen LogP contribution in [0.5, 0.6) is 0 Å². The Morgan fingerprint density at radius 1 is 0.180 bits per heavy atom. The molecule has 0 aromatic heterocycles. The average molecular weight is 782 g/mol. The van der Waals surface area contributed by atoms with Crippen LogP contribution in [-0.2, 0) is 0 Å². The van der Waals surface area contributed by atoms with Gasteiger partial charge in [-0.1, -0.05) is 158 Å². The predicted molar refractivity (Wildman–Crippen MR) is 259 cm³/mol. The summed E-state index contributed by atoms with van der Waals surface area (Å²) in [6.07, 6.45) is 0. The maximum absolute atomic E-state index is 2.35. The van der Waals surface area contributed by atoms with Crippen molar-refractivity contribution in [3.8, 4) is 22.3 Å². The molecule has 0 aliphatic carbocycles. The molecule has 0 bridgehead atoms. The third-order valence-corrected chi connectivity index (χ3v) is 11.2. The van der Waals surface area contributed by atoms with Crippen molar-refractivity contribution < 1.29 is 0 Å². The molecule has 10 rings (SSSR count). The summed E-state index contributed by atoms with van der Waals surface area (Å²) in [5.74, 6) is 0. The Bertz CT molecular complexity index is 2920. The standard InChI is InChI=1S/C58H43N3/c1-5-18-49(19-6-1)59(50-20-7-2-8-21-50)54-40-42-55(43-41-54)60(51-22-9-3-10-23-51)53-36-32-46(33-37-53)44-28-30-45(31-29-44)47-34-38-56(39-35-47)61(52-24-11-4-12-25-52)58-27-15-17-48-16-13-14-26-57(48)58/h1-43H. The van der Waals surface area contributed by atoms with Crippen molar-refractivity contribution in [3.63, 3.8) is 0 Å². The number of nitrogens with zero attached hydrogens (tertiary/aromatic N) is 3. The lowest BCUT2D eigenvalue weighted by molar-refractivity contribution is 1.26. The minimum absolute atomic E-state index is 1.09. The fourth-order valence-electron chi connectivity index (χ4n) is 8.25. The molecule has 0 aliphatic heterocycles. The van der Waals surface area contributed by atoms with Crippen LogP contribution in [0.1, 0.15) is 0 Å². The summed E-state index contributed by atoms with van der Waals surface area (Å²) in [5.41, 5.74) is 14.7. The van der Waals surface area contributed by atoms with E-state index < -0.39 is 0 Å². The van der Waals surface area contributed by atoms with Crippen molar-refractivity contribution in [2.75, 3.05) is 14.7 Å². The highest BCUT2D eigenvalue weighted by atomic mass is 15.2. The highest BCUT2D eigenvalue weighted by Crippen LogP contribution is 2.41. The Morgan fingerprint density at radius 3 is 0.836 bits per heavy atom. The predicted octanol–water partition coefficient (Wildman–Crippen LogP) is 16.6. The molecule has 0 N–H and O–H groups in total. The molecule has 0 saturated heterocycles. The zero-order valence-corrected chi connectivity index (χ0v) is 33.7. The van der Waals surface area contributed by atoms with Crippen LogP contribution >= 0.6 is 0 Å². The molecule has 10 aromatic rings. The third kappa shape index (κ3) is 7.76. The first-order chi connectivity index (χ1) is 30.3. The molecule has 3 nitrogen and oxygen atoms in total. The molecule has 0 heterocycles. The summed E-state index contributed by atoms with van der Waals surface area (Å²) < 4.78 is 0. The quantitative estimate of drug-likeness (QED) is 0.129. The van der Waals surface area contributed by atoms with Gasteiger partial charge in [0, 0.05) is 50.9 Å². The Labute approximate surface area is 358 Å². The highest BCUT2D eigenvalue weighted by molar-refractivity contribution is 5.99. The number of rotatable bonds is 11. The van der Waals surface area contributed by atoms with Gasteiger partial charge in [0.1, 0.15) is 0 Å². The molecule has 290 valence electrons. The smallest absolute Gasteiger partial charge is 0.0540 e. The number of hydrogen-bond donors (Lipinski definition) is 0. The Kier molecular flexibility index (Phi) is 10.3. The van der Waals surface area contributed by atoms with E-state index in [1.807, 2.05) is 0 Å². The van der Waals surface area contributed by atoms with Gasteiger partial charge in [-0.25, -0.2) is 0 Å². The Morgan fingerprint density at radius 2 is 0.443 bits per heavy atom. The van der Waals surface area contributed by atoms with Crippen molar-refractivity contribution in [3.05, 3.63) is 261 Å². The van der Waals surface area contributed by atoms with Gasteiger partial charge < -0.3 is 14.7 Å². The second-order valence-corrected chi connectivity index (χ2v) is 15.0. The van der Waals surface area contributed by atoms with Crippen molar-refractivity contribution in [1.82, 2.24) is 0 Å². The topological polar surface area (TPSA) is 9.72 Å². The molecule has 0 saturated carbocycles. The van der Waals surface area contributed by atoms with E-state index in [2.05, 4.69) is 276 Å². The van der Waals surface area contributed by atoms with Crippen LogP contribution in [0.15, 0.2) is 261 Å². The van der Waals surface area contributed by atoms with Gasteiger partial charge in [0.2, 0.25) is 0 Å². The number of hydrogen-bond acceptors (Lipinski definition) is 3. The van der Waals surface area contributed by atoms with Crippen molar-refractivity contribution in [2.24, 2.45) is 0 Å². The van der Waals surface area contributed by atoms with E-state index >= 15 is 0 Å².